The lowest BCUT2D eigenvalue weighted by Gasteiger charge is -2.16. The van der Waals surface area contributed by atoms with E-state index >= 15 is 0 Å². The molecule has 0 aliphatic carbocycles. The van der Waals surface area contributed by atoms with E-state index in [2.05, 4.69) is 5.32 Å². The van der Waals surface area contributed by atoms with Crippen molar-refractivity contribution in [1.82, 2.24) is 5.32 Å². The summed E-state index contributed by atoms with van der Waals surface area (Å²) >= 11 is 5.62. The van der Waals surface area contributed by atoms with Crippen LogP contribution in [0.3, 0.4) is 0 Å². The predicted molar refractivity (Wildman–Crippen MR) is 62.9 cm³/mol. The maximum atomic E-state index is 11.6. The summed E-state index contributed by atoms with van der Waals surface area (Å²) in [7, 11) is 0. The highest BCUT2D eigenvalue weighted by Gasteiger charge is 2.14. The van der Waals surface area contributed by atoms with Gasteiger partial charge in [-0.15, -0.1) is 11.6 Å². The molecular formula is C12H16ClNO. The number of carbonyl (C=O) groups excluding carboxylic acids is 1. The molecule has 3 heteroatoms. The van der Waals surface area contributed by atoms with Gasteiger partial charge < -0.3 is 5.32 Å². The molecule has 0 heterocycles. The van der Waals surface area contributed by atoms with Gasteiger partial charge in [-0.05, 0) is 12.5 Å². The van der Waals surface area contributed by atoms with Gasteiger partial charge in [-0.2, -0.15) is 0 Å². The quantitative estimate of drug-likeness (QED) is 0.785. The van der Waals surface area contributed by atoms with Crippen LogP contribution < -0.4 is 5.32 Å². The largest absolute Gasteiger partial charge is 0.349 e. The molecule has 1 aromatic rings. The fourth-order valence-corrected chi connectivity index (χ4v) is 1.39. The topological polar surface area (TPSA) is 29.1 Å². The van der Waals surface area contributed by atoms with Crippen LogP contribution in [-0.2, 0) is 4.79 Å². The van der Waals surface area contributed by atoms with Crippen molar-refractivity contribution in [2.75, 3.05) is 5.88 Å². The Bertz CT molecular complexity index is 313. The summed E-state index contributed by atoms with van der Waals surface area (Å²) < 4.78 is 0. The van der Waals surface area contributed by atoms with Gasteiger partial charge in [0.15, 0.2) is 0 Å². The summed E-state index contributed by atoms with van der Waals surface area (Å²) in [5.41, 5.74) is 1.10. The highest BCUT2D eigenvalue weighted by molar-refractivity contribution is 6.19. The number of alkyl halides is 1. The van der Waals surface area contributed by atoms with Gasteiger partial charge in [-0.1, -0.05) is 37.3 Å². The van der Waals surface area contributed by atoms with E-state index in [0.717, 1.165) is 5.56 Å². The van der Waals surface area contributed by atoms with E-state index in [1.165, 1.54) is 0 Å². The molecule has 0 aromatic heterocycles. The number of hydrogen-bond donors (Lipinski definition) is 1. The van der Waals surface area contributed by atoms with Crippen molar-refractivity contribution in [2.24, 2.45) is 5.92 Å². The third-order valence-electron chi connectivity index (χ3n) is 2.34. The van der Waals surface area contributed by atoms with Gasteiger partial charge in [-0.3, -0.25) is 4.79 Å². The molecule has 0 fully saturated rings. The second-order valence-corrected chi connectivity index (χ2v) is 4.00. The predicted octanol–water partition coefficient (Wildman–Crippen LogP) is 2.74. The summed E-state index contributed by atoms with van der Waals surface area (Å²) in [6.07, 6.45) is 0. The van der Waals surface area contributed by atoms with E-state index in [4.69, 9.17) is 11.6 Å². The fourth-order valence-electron chi connectivity index (χ4n) is 1.25. The first-order valence-electron chi connectivity index (χ1n) is 5.06. The van der Waals surface area contributed by atoms with E-state index in [-0.39, 0.29) is 17.9 Å². The molecule has 1 N–H and O–H groups in total. The first-order chi connectivity index (χ1) is 7.15. The molecule has 15 heavy (non-hydrogen) atoms. The van der Waals surface area contributed by atoms with E-state index in [1.54, 1.807) is 0 Å². The summed E-state index contributed by atoms with van der Waals surface area (Å²) in [6, 6.07) is 9.90. The Morgan fingerprint density at radius 3 is 2.47 bits per heavy atom. The summed E-state index contributed by atoms with van der Waals surface area (Å²) in [5, 5.41) is 2.92. The lowest BCUT2D eigenvalue weighted by molar-refractivity contribution is -0.124. The lowest BCUT2D eigenvalue weighted by Crippen LogP contribution is -2.32. The second kappa shape index (κ2) is 5.76. The number of benzene rings is 1. The Morgan fingerprint density at radius 2 is 1.93 bits per heavy atom. The third kappa shape index (κ3) is 3.56. The van der Waals surface area contributed by atoms with Gasteiger partial charge in [0.05, 0.1) is 6.04 Å². The molecule has 1 aromatic carbocycles. The van der Waals surface area contributed by atoms with Gasteiger partial charge in [0, 0.05) is 11.8 Å². The van der Waals surface area contributed by atoms with Crippen molar-refractivity contribution in [3.8, 4) is 0 Å². The molecular weight excluding hydrogens is 210 g/mol. The van der Waals surface area contributed by atoms with Crippen molar-refractivity contribution in [3.05, 3.63) is 35.9 Å². The van der Waals surface area contributed by atoms with Gasteiger partial charge in [0.25, 0.3) is 0 Å². The number of carbonyl (C=O) groups is 1. The van der Waals surface area contributed by atoms with Gasteiger partial charge in [-0.25, -0.2) is 0 Å². The highest BCUT2D eigenvalue weighted by atomic mass is 35.5. The minimum atomic E-state index is -0.141. The summed E-state index contributed by atoms with van der Waals surface area (Å²) in [4.78, 5) is 11.6. The number of hydrogen-bond acceptors (Lipinski definition) is 1. The maximum absolute atomic E-state index is 11.6. The molecule has 1 rings (SSSR count). The lowest BCUT2D eigenvalue weighted by atomic mass is 10.1. The van der Waals surface area contributed by atoms with Crippen LogP contribution in [0.2, 0.25) is 0 Å². The Balaban J connectivity index is 2.56. The molecule has 1 unspecified atom stereocenters. The maximum Gasteiger partial charge on any atom is 0.224 e. The van der Waals surface area contributed by atoms with Crippen LogP contribution in [0.15, 0.2) is 30.3 Å². The zero-order chi connectivity index (χ0) is 11.3. The molecule has 1 amide bonds. The van der Waals surface area contributed by atoms with Crippen LogP contribution in [0, 0.1) is 5.92 Å². The fraction of sp³-hybridized carbons (Fsp3) is 0.417. The number of halogens is 1. The van der Waals surface area contributed by atoms with E-state index < -0.39 is 0 Å². The third-order valence-corrected chi connectivity index (χ3v) is 2.80. The van der Waals surface area contributed by atoms with E-state index in [9.17, 15) is 4.79 Å². The van der Waals surface area contributed by atoms with Crippen molar-refractivity contribution in [3.63, 3.8) is 0 Å². The average Bonchev–Trinajstić information content (AvgIpc) is 2.29. The van der Waals surface area contributed by atoms with Crippen molar-refractivity contribution < 1.29 is 4.79 Å². The monoisotopic (exact) mass is 225 g/mol. The molecule has 82 valence electrons. The summed E-state index contributed by atoms with van der Waals surface area (Å²) in [5.74, 6) is 0.215. The van der Waals surface area contributed by atoms with Crippen LogP contribution in [0.25, 0.3) is 0 Å². The number of amides is 1. The molecule has 0 saturated carbocycles. The van der Waals surface area contributed by atoms with Crippen molar-refractivity contribution in [1.29, 1.82) is 0 Å². The van der Waals surface area contributed by atoms with Crippen LogP contribution >= 0.6 is 11.6 Å². The van der Waals surface area contributed by atoms with Gasteiger partial charge in [0.2, 0.25) is 5.91 Å². The molecule has 0 bridgehead atoms. The molecule has 0 aliphatic heterocycles. The van der Waals surface area contributed by atoms with Gasteiger partial charge in [0.1, 0.15) is 0 Å². The van der Waals surface area contributed by atoms with Crippen LogP contribution in [0.1, 0.15) is 25.5 Å². The Morgan fingerprint density at radius 1 is 1.33 bits per heavy atom. The Labute approximate surface area is 95.6 Å². The molecule has 0 spiro atoms. The van der Waals surface area contributed by atoms with Crippen molar-refractivity contribution in [2.45, 2.75) is 19.9 Å². The van der Waals surface area contributed by atoms with E-state index in [1.807, 2.05) is 44.2 Å². The molecule has 0 saturated heterocycles. The molecule has 2 atom stereocenters. The normalized spacial score (nSPS) is 14.3. The number of nitrogens with one attached hydrogen (secondary N) is 1. The zero-order valence-corrected chi connectivity index (χ0v) is 9.79. The second-order valence-electron chi connectivity index (χ2n) is 3.70. The van der Waals surface area contributed by atoms with Crippen LogP contribution in [-0.4, -0.2) is 11.8 Å². The Hall–Kier alpha value is -1.02. The van der Waals surface area contributed by atoms with Crippen LogP contribution in [0.4, 0.5) is 0 Å². The average molecular weight is 226 g/mol. The van der Waals surface area contributed by atoms with Gasteiger partial charge >= 0.3 is 0 Å². The highest BCUT2D eigenvalue weighted by Crippen LogP contribution is 2.12. The number of rotatable bonds is 4. The SMILES string of the molecule is CC(CCl)C(=O)N[C@@H](C)c1ccccc1. The first-order valence-corrected chi connectivity index (χ1v) is 5.60. The molecule has 0 aliphatic rings. The minimum Gasteiger partial charge on any atom is -0.349 e. The van der Waals surface area contributed by atoms with Crippen LogP contribution in [0.5, 0.6) is 0 Å². The zero-order valence-electron chi connectivity index (χ0n) is 9.03. The molecule has 0 radical (unpaired) electrons. The van der Waals surface area contributed by atoms with Crippen molar-refractivity contribution >= 4 is 17.5 Å². The summed E-state index contributed by atoms with van der Waals surface area (Å²) in [6.45, 7) is 3.79. The standard InChI is InChI=1S/C12H16ClNO/c1-9(8-13)12(15)14-10(2)11-6-4-3-5-7-11/h3-7,9-10H,8H2,1-2H3,(H,14,15)/t9?,10-/m0/s1. The van der Waals surface area contributed by atoms with E-state index in [0.29, 0.717) is 5.88 Å². The minimum absolute atomic E-state index is 0.00125. The smallest absolute Gasteiger partial charge is 0.224 e. The Kier molecular flexibility index (Phi) is 4.63. The molecule has 2 nitrogen and oxygen atoms in total. The first kappa shape index (κ1) is 12.1.